The van der Waals surface area contributed by atoms with Gasteiger partial charge in [-0.25, -0.2) is 4.79 Å². The van der Waals surface area contributed by atoms with E-state index in [1.165, 1.54) is 5.56 Å². The molecular weight excluding hydrogens is 176 g/mol. The van der Waals surface area contributed by atoms with Gasteiger partial charge in [-0.15, -0.1) is 0 Å². The molecule has 0 unspecified atom stereocenters. The number of hydrogen-bond acceptors (Lipinski definition) is 2. The van der Waals surface area contributed by atoms with Crippen LogP contribution in [0.25, 0.3) is 10.9 Å². The monoisotopic (exact) mass is 186 g/mol. The number of benzene rings is 1. The van der Waals surface area contributed by atoms with Gasteiger partial charge in [-0.05, 0) is 30.7 Å². The van der Waals surface area contributed by atoms with Crippen molar-refractivity contribution in [3.8, 4) is 0 Å². The maximum atomic E-state index is 10.1. The minimum atomic E-state index is 0.654. The van der Waals surface area contributed by atoms with Crippen molar-refractivity contribution in [3.05, 3.63) is 30.0 Å². The van der Waals surface area contributed by atoms with Crippen LogP contribution in [-0.4, -0.2) is 10.6 Å². The largest absolute Gasteiger partial charge is 0.350 e. The first-order chi connectivity index (χ1) is 6.72. The summed E-state index contributed by atoms with van der Waals surface area (Å²) >= 11 is 0. The second kappa shape index (κ2) is 3.13. The lowest BCUT2D eigenvalue weighted by Gasteiger charge is -1.96. The molecule has 0 radical (unpaired) electrons. The Bertz CT molecular complexity index is 533. The highest BCUT2D eigenvalue weighted by atomic mass is 16.1. The third-order valence-corrected chi connectivity index (χ3v) is 2.35. The number of aromatic nitrogens is 1. The fraction of sp³-hybridized carbons (Fsp3) is 0.182. The molecule has 0 fully saturated rings. The molecule has 0 bridgehead atoms. The zero-order valence-corrected chi connectivity index (χ0v) is 8.11. The Morgan fingerprint density at radius 3 is 2.93 bits per heavy atom. The Hall–Kier alpha value is -1.86. The van der Waals surface area contributed by atoms with Gasteiger partial charge >= 0.3 is 0 Å². The van der Waals surface area contributed by atoms with Gasteiger partial charge in [-0.1, -0.05) is 0 Å². The molecule has 14 heavy (non-hydrogen) atoms. The fourth-order valence-electron chi connectivity index (χ4n) is 1.70. The Kier molecular flexibility index (Phi) is 1.95. The molecule has 0 saturated heterocycles. The molecule has 1 aromatic carbocycles. The van der Waals surface area contributed by atoms with Gasteiger partial charge in [0.05, 0.1) is 5.69 Å². The van der Waals surface area contributed by atoms with Crippen molar-refractivity contribution in [2.75, 3.05) is 0 Å². The number of isocyanates is 1. The van der Waals surface area contributed by atoms with Gasteiger partial charge < -0.3 is 4.57 Å². The van der Waals surface area contributed by atoms with E-state index in [9.17, 15) is 4.79 Å². The zero-order chi connectivity index (χ0) is 10.1. The van der Waals surface area contributed by atoms with E-state index < -0.39 is 0 Å². The normalized spacial score (nSPS) is 10.1. The molecule has 0 aliphatic heterocycles. The molecule has 70 valence electrons. The quantitative estimate of drug-likeness (QED) is 0.497. The first-order valence-corrected chi connectivity index (χ1v) is 4.36. The molecule has 0 N–H and O–H groups in total. The minimum absolute atomic E-state index is 0.654. The lowest BCUT2D eigenvalue weighted by atomic mass is 10.2. The molecule has 1 heterocycles. The number of fused-ring (bicyclic) bond motifs is 1. The molecule has 3 nitrogen and oxygen atoms in total. The molecule has 0 amide bonds. The van der Waals surface area contributed by atoms with Gasteiger partial charge in [0.1, 0.15) is 0 Å². The highest BCUT2D eigenvalue weighted by molar-refractivity contribution is 5.86. The highest BCUT2D eigenvalue weighted by Gasteiger charge is 2.02. The minimum Gasteiger partial charge on any atom is -0.350 e. The van der Waals surface area contributed by atoms with E-state index in [1.807, 2.05) is 32.2 Å². The summed E-state index contributed by atoms with van der Waals surface area (Å²) in [4.78, 5) is 13.7. The summed E-state index contributed by atoms with van der Waals surface area (Å²) in [6, 6.07) is 5.67. The van der Waals surface area contributed by atoms with Crippen LogP contribution in [0.3, 0.4) is 0 Å². The van der Waals surface area contributed by atoms with Crippen LogP contribution < -0.4 is 0 Å². The van der Waals surface area contributed by atoms with Crippen molar-refractivity contribution in [2.24, 2.45) is 12.0 Å². The summed E-state index contributed by atoms with van der Waals surface area (Å²) in [5.41, 5.74) is 2.99. The Labute approximate surface area is 81.7 Å². The number of hydrogen-bond donors (Lipinski definition) is 0. The summed E-state index contributed by atoms with van der Waals surface area (Å²) < 4.78 is 2.05. The molecule has 2 aromatic rings. The van der Waals surface area contributed by atoms with E-state index in [0.29, 0.717) is 5.69 Å². The Morgan fingerprint density at radius 1 is 1.43 bits per heavy atom. The van der Waals surface area contributed by atoms with E-state index >= 15 is 0 Å². The van der Waals surface area contributed by atoms with Gasteiger partial charge in [-0.2, -0.15) is 4.99 Å². The van der Waals surface area contributed by atoms with Crippen LogP contribution >= 0.6 is 0 Å². The van der Waals surface area contributed by atoms with Crippen LogP contribution in [0.1, 0.15) is 5.56 Å². The van der Waals surface area contributed by atoms with Gasteiger partial charge in [-0.3, -0.25) is 0 Å². The lowest BCUT2D eigenvalue weighted by molar-refractivity contribution is 0.565. The summed E-state index contributed by atoms with van der Waals surface area (Å²) in [7, 11) is 2.00. The lowest BCUT2D eigenvalue weighted by Crippen LogP contribution is -1.82. The molecule has 3 heteroatoms. The Balaban J connectivity index is 2.76. The predicted octanol–water partition coefficient (Wildman–Crippen LogP) is 2.45. The maximum Gasteiger partial charge on any atom is 0.240 e. The zero-order valence-electron chi connectivity index (χ0n) is 8.11. The van der Waals surface area contributed by atoms with Crippen LogP contribution in [0.4, 0.5) is 5.69 Å². The number of rotatable bonds is 1. The van der Waals surface area contributed by atoms with Crippen LogP contribution in [0.15, 0.2) is 29.4 Å². The van der Waals surface area contributed by atoms with Crippen molar-refractivity contribution < 1.29 is 4.79 Å². The second-order valence-corrected chi connectivity index (χ2v) is 3.33. The predicted molar refractivity (Wildman–Crippen MR) is 55.4 cm³/mol. The third-order valence-electron chi connectivity index (χ3n) is 2.35. The molecule has 0 atom stereocenters. The van der Waals surface area contributed by atoms with Gasteiger partial charge in [0, 0.05) is 24.1 Å². The average Bonchev–Trinajstić information content (AvgIpc) is 2.43. The summed E-state index contributed by atoms with van der Waals surface area (Å²) in [6.45, 7) is 2.04. The van der Waals surface area contributed by atoms with E-state index in [2.05, 4.69) is 15.8 Å². The fourth-order valence-corrected chi connectivity index (χ4v) is 1.70. The van der Waals surface area contributed by atoms with Crippen molar-refractivity contribution in [1.82, 2.24) is 4.57 Å². The van der Waals surface area contributed by atoms with Crippen molar-refractivity contribution in [3.63, 3.8) is 0 Å². The van der Waals surface area contributed by atoms with Crippen molar-refractivity contribution >= 4 is 22.7 Å². The topological polar surface area (TPSA) is 34.4 Å². The van der Waals surface area contributed by atoms with Crippen molar-refractivity contribution in [1.29, 1.82) is 0 Å². The van der Waals surface area contributed by atoms with Crippen LogP contribution in [0, 0.1) is 6.92 Å². The standard InChI is InChI=1S/C11H10N2O/c1-8-6-13(2)11-4-3-9(12-7-14)5-10(8)11/h3-6H,1-2H3. The Morgan fingerprint density at radius 2 is 2.21 bits per heavy atom. The first-order valence-electron chi connectivity index (χ1n) is 4.36. The summed E-state index contributed by atoms with van der Waals surface area (Å²) in [5.74, 6) is 0. The molecule has 0 saturated carbocycles. The molecule has 2 rings (SSSR count). The van der Waals surface area contributed by atoms with Crippen LogP contribution in [0.2, 0.25) is 0 Å². The van der Waals surface area contributed by atoms with Gasteiger partial charge in [0.15, 0.2) is 0 Å². The highest BCUT2D eigenvalue weighted by Crippen LogP contribution is 2.24. The molecule has 0 aliphatic carbocycles. The third kappa shape index (κ3) is 1.24. The second-order valence-electron chi connectivity index (χ2n) is 3.33. The van der Waals surface area contributed by atoms with Gasteiger partial charge in [0.25, 0.3) is 0 Å². The number of carbonyl (C=O) groups excluding carboxylic acids is 1. The van der Waals surface area contributed by atoms with Gasteiger partial charge in [0.2, 0.25) is 6.08 Å². The first kappa shape index (κ1) is 8.73. The van der Waals surface area contributed by atoms with Crippen LogP contribution in [-0.2, 0) is 11.8 Å². The van der Waals surface area contributed by atoms with Crippen molar-refractivity contribution in [2.45, 2.75) is 6.92 Å². The molecule has 1 aromatic heterocycles. The molecular formula is C11H10N2O. The van der Waals surface area contributed by atoms with E-state index in [0.717, 1.165) is 10.9 Å². The summed E-state index contributed by atoms with van der Waals surface area (Å²) in [5, 5.41) is 1.13. The van der Waals surface area contributed by atoms with E-state index in [4.69, 9.17) is 0 Å². The average molecular weight is 186 g/mol. The van der Waals surface area contributed by atoms with E-state index in [1.54, 1.807) is 6.08 Å². The summed E-state index contributed by atoms with van der Waals surface area (Å²) in [6.07, 6.45) is 3.60. The molecule has 0 spiro atoms. The molecule has 0 aliphatic rings. The smallest absolute Gasteiger partial charge is 0.240 e. The van der Waals surface area contributed by atoms with E-state index in [-0.39, 0.29) is 0 Å². The van der Waals surface area contributed by atoms with Crippen LogP contribution in [0.5, 0.6) is 0 Å². The SMILES string of the molecule is Cc1cn(C)c2ccc(N=C=O)cc12. The number of aliphatic imine (C=N–C) groups is 1. The maximum absolute atomic E-state index is 10.1. The number of aryl methyl sites for hydroxylation is 2. The number of nitrogens with zero attached hydrogens (tertiary/aromatic N) is 2.